The second-order valence-electron chi connectivity index (χ2n) is 3.63. The van der Waals surface area contributed by atoms with Gasteiger partial charge in [0.05, 0.1) is 0 Å². The third-order valence-corrected chi connectivity index (χ3v) is 2.32. The van der Waals surface area contributed by atoms with Crippen molar-refractivity contribution in [2.45, 2.75) is 0 Å². The molecule has 0 aliphatic heterocycles. The predicted molar refractivity (Wildman–Crippen MR) is 74.1 cm³/mol. The van der Waals surface area contributed by atoms with Crippen LogP contribution in [0.1, 0.15) is 20.7 Å². The fraction of sp³-hybridized carbons (Fsp3) is 0. The number of carboxylic acid groups (broad SMARTS) is 1. The average molecular weight is 290 g/mol. The number of aromatic nitrogens is 1. The Hall–Kier alpha value is -2.97. The van der Waals surface area contributed by atoms with Crippen molar-refractivity contribution in [2.24, 2.45) is 11.7 Å². The number of carbonyl (C=O) groups is 2. The third-order valence-electron chi connectivity index (χ3n) is 2.32. The molecular formula is C13H14N4O4. The van der Waals surface area contributed by atoms with E-state index in [2.05, 4.69) is 9.82 Å². The molecule has 1 aromatic heterocycles. The number of nitrogens with one attached hydrogen (secondary N) is 1. The van der Waals surface area contributed by atoms with Crippen molar-refractivity contribution in [3.05, 3.63) is 59.9 Å². The average Bonchev–Trinajstić information content (AvgIpc) is 2.55. The molecule has 6 N–H and O–H groups in total. The molecule has 1 heterocycles. The summed E-state index contributed by atoms with van der Waals surface area (Å²) in [5.74, 6) is 8.52. The number of aromatic carboxylic acids is 1. The molecule has 110 valence electrons. The Morgan fingerprint density at radius 2 is 1.76 bits per heavy atom. The van der Waals surface area contributed by atoms with Gasteiger partial charge in [-0.05, 0) is 24.3 Å². The fourth-order valence-corrected chi connectivity index (χ4v) is 1.33. The molecule has 0 radical (unpaired) electrons. The van der Waals surface area contributed by atoms with Crippen LogP contribution in [0.25, 0.3) is 0 Å². The van der Waals surface area contributed by atoms with Crippen molar-refractivity contribution < 1.29 is 19.5 Å². The largest absolute Gasteiger partial charge is 0.478 e. The van der Waals surface area contributed by atoms with E-state index in [1.54, 1.807) is 24.3 Å². The van der Waals surface area contributed by atoms with Crippen molar-refractivity contribution in [1.29, 1.82) is 0 Å². The summed E-state index contributed by atoms with van der Waals surface area (Å²) in [6, 6.07) is 9.33. The first-order valence-corrected chi connectivity index (χ1v) is 5.70. The van der Waals surface area contributed by atoms with Crippen molar-refractivity contribution >= 4 is 11.9 Å². The Balaban J connectivity index is 0.000000211. The highest BCUT2D eigenvalue weighted by Crippen LogP contribution is 2.15. The standard InChI is InChI=1S/C7H7NO3.C6H7N3O/c8-11-6-4-2-1-3-5(6)7(9)10;7-9-6(10)5-1-3-8-4-2-5/h1-4H,8H2,(H,9,10);1-4H,7H2,(H,9,10). The lowest BCUT2D eigenvalue weighted by Crippen LogP contribution is -2.29. The molecule has 2 aromatic rings. The van der Waals surface area contributed by atoms with Crippen LogP contribution in [0.4, 0.5) is 0 Å². The number of amides is 1. The molecule has 0 saturated heterocycles. The van der Waals surface area contributed by atoms with Gasteiger partial charge < -0.3 is 9.94 Å². The van der Waals surface area contributed by atoms with Crippen molar-refractivity contribution in [1.82, 2.24) is 10.4 Å². The number of pyridine rings is 1. The van der Waals surface area contributed by atoms with E-state index in [1.165, 1.54) is 24.5 Å². The molecule has 0 bridgehead atoms. The number of rotatable bonds is 3. The van der Waals surface area contributed by atoms with Gasteiger partial charge in [0.1, 0.15) is 5.56 Å². The van der Waals surface area contributed by atoms with Gasteiger partial charge in [0.25, 0.3) is 5.91 Å². The highest BCUT2D eigenvalue weighted by molar-refractivity contribution is 5.93. The number of carbonyl (C=O) groups excluding carboxylic acids is 1. The number of hydrazine groups is 1. The summed E-state index contributed by atoms with van der Waals surface area (Å²) in [6.45, 7) is 0. The first-order valence-electron chi connectivity index (χ1n) is 5.70. The Morgan fingerprint density at radius 3 is 2.24 bits per heavy atom. The van der Waals surface area contributed by atoms with E-state index in [0.717, 1.165) is 0 Å². The number of nitrogen functional groups attached to an aromatic ring is 1. The maximum Gasteiger partial charge on any atom is 0.339 e. The Morgan fingerprint density at radius 1 is 1.14 bits per heavy atom. The molecule has 21 heavy (non-hydrogen) atoms. The minimum atomic E-state index is -1.05. The van der Waals surface area contributed by atoms with Crippen LogP contribution in [0.2, 0.25) is 0 Å². The molecule has 2 rings (SSSR count). The number of nitrogens with zero attached hydrogens (tertiary/aromatic N) is 1. The first-order chi connectivity index (χ1) is 10.1. The van der Waals surface area contributed by atoms with Gasteiger partial charge in [-0.25, -0.2) is 10.6 Å². The number of para-hydroxylation sites is 1. The van der Waals surface area contributed by atoms with Gasteiger partial charge >= 0.3 is 5.97 Å². The lowest BCUT2D eigenvalue weighted by atomic mass is 10.2. The maximum atomic E-state index is 10.7. The van der Waals surface area contributed by atoms with Gasteiger partial charge in [0, 0.05) is 18.0 Å². The first kappa shape index (κ1) is 16.1. The minimum Gasteiger partial charge on any atom is -0.478 e. The predicted octanol–water partition coefficient (Wildman–Crippen LogP) is 0.322. The van der Waals surface area contributed by atoms with Crippen LogP contribution in [0.3, 0.4) is 0 Å². The quantitative estimate of drug-likeness (QED) is 0.362. The van der Waals surface area contributed by atoms with Crippen LogP contribution in [0.15, 0.2) is 48.8 Å². The number of benzene rings is 1. The molecule has 0 saturated carbocycles. The topological polar surface area (TPSA) is 141 Å². The second kappa shape index (κ2) is 8.25. The molecule has 0 unspecified atom stereocenters. The maximum absolute atomic E-state index is 10.7. The second-order valence-corrected chi connectivity index (χ2v) is 3.63. The summed E-state index contributed by atoms with van der Waals surface area (Å²) >= 11 is 0. The highest BCUT2D eigenvalue weighted by Gasteiger charge is 2.08. The molecule has 0 fully saturated rings. The molecule has 8 nitrogen and oxygen atoms in total. The SMILES string of the molecule is NNC(=O)c1ccncc1.NOc1ccccc1C(=O)O. The van der Waals surface area contributed by atoms with E-state index in [9.17, 15) is 9.59 Å². The summed E-state index contributed by atoms with van der Waals surface area (Å²) < 4.78 is 0. The van der Waals surface area contributed by atoms with Crippen LogP contribution in [-0.4, -0.2) is 22.0 Å². The van der Waals surface area contributed by atoms with Crippen molar-refractivity contribution in [2.75, 3.05) is 0 Å². The van der Waals surface area contributed by atoms with E-state index in [1.807, 2.05) is 5.43 Å². The zero-order chi connectivity index (χ0) is 15.7. The smallest absolute Gasteiger partial charge is 0.339 e. The summed E-state index contributed by atoms with van der Waals surface area (Å²) in [6.07, 6.45) is 3.06. The van der Waals surface area contributed by atoms with E-state index in [0.29, 0.717) is 5.56 Å². The summed E-state index contributed by atoms with van der Waals surface area (Å²) in [5, 5.41) is 8.56. The Bertz CT molecular complexity index is 604. The fourth-order valence-electron chi connectivity index (χ4n) is 1.33. The zero-order valence-corrected chi connectivity index (χ0v) is 10.9. The molecule has 0 atom stereocenters. The summed E-state index contributed by atoms with van der Waals surface area (Å²) in [4.78, 5) is 29.3. The van der Waals surface area contributed by atoms with E-state index >= 15 is 0 Å². The molecule has 8 heteroatoms. The Labute approximate surface area is 120 Å². The Kier molecular flexibility index (Phi) is 6.32. The lowest BCUT2D eigenvalue weighted by molar-refractivity contribution is 0.0692. The van der Waals surface area contributed by atoms with Crippen LogP contribution >= 0.6 is 0 Å². The highest BCUT2D eigenvalue weighted by atomic mass is 16.6. The van der Waals surface area contributed by atoms with Gasteiger partial charge in [-0.15, -0.1) is 0 Å². The number of carboxylic acids is 1. The van der Waals surface area contributed by atoms with Gasteiger partial charge in [-0.2, -0.15) is 5.90 Å². The van der Waals surface area contributed by atoms with Gasteiger partial charge in [0.15, 0.2) is 5.75 Å². The van der Waals surface area contributed by atoms with Crippen LogP contribution in [0.5, 0.6) is 5.75 Å². The third kappa shape index (κ3) is 4.90. The molecule has 1 aromatic carbocycles. The zero-order valence-electron chi connectivity index (χ0n) is 10.9. The molecule has 1 amide bonds. The van der Waals surface area contributed by atoms with Crippen LogP contribution in [-0.2, 0) is 0 Å². The van der Waals surface area contributed by atoms with Crippen molar-refractivity contribution in [3.63, 3.8) is 0 Å². The summed E-state index contributed by atoms with van der Waals surface area (Å²) in [5.41, 5.74) is 2.59. The van der Waals surface area contributed by atoms with E-state index in [4.69, 9.17) is 16.8 Å². The van der Waals surface area contributed by atoms with E-state index < -0.39 is 5.97 Å². The monoisotopic (exact) mass is 290 g/mol. The normalized spacial score (nSPS) is 9.05. The minimum absolute atomic E-state index is 0.0648. The molecular weight excluding hydrogens is 276 g/mol. The van der Waals surface area contributed by atoms with Crippen molar-refractivity contribution in [3.8, 4) is 5.75 Å². The van der Waals surface area contributed by atoms with Crippen LogP contribution < -0.4 is 22.0 Å². The molecule has 0 aliphatic rings. The lowest BCUT2D eigenvalue weighted by Gasteiger charge is -2.00. The van der Waals surface area contributed by atoms with E-state index in [-0.39, 0.29) is 17.2 Å². The van der Waals surface area contributed by atoms with Gasteiger partial charge in [0.2, 0.25) is 0 Å². The number of hydrogen-bond acceptors (Lipinski definition) is 6. The molecule has 0 aliphatic carbocycles. The number of nitrogens with two attached hydrogens (primary N) is 2. The summed E-state index contributed by atoms with van der Waals surface area (Å²) in [7, 11) is 0. The van der Waals surface area contributed by atoms with Gasteiger partial charge in [-0.3, -0.25) is 15.2 Å². The van der Waals surface area contributed by atoms with Gasteiger partial charge in [-0.1, -0.05) is 12.1 Å². The molecule has 0 spiro atoms. The number of hydrogen-bond donors (Lipinski definition) is 4. The van der Waals surface area contributed by atoms with Crippen LogP contribution in [0, 0.1) is 0 Å².